The minimum atomic E-state index is -2.74. The van der Waals surface area contributed by atoms with E-state index in [2.05, 4.69) is 6.92 Å². The third-order valence-corrected chi connectivity index (χ3v) is 3.03. The van der Waals surface area contributed by atoms with Crippen molar-refractivity contribution >= 4 is 17.9 Å². The molecule has 136 valence electrons. The van der Waals surface area contributed by atoms with Crippen LogP contribution in [-0.2, 0) is 14.4 Å². The molecule has 0 saturated heterocycles. The van der Waals surface area contributed by atoms with Crippen LogP contribution in [-0.4, -0.2) is 59.9 Å². The molecule has 0 fully saturated rings. The standard InChI is InChI=1S/C8H18O2.C6H8O7/c1-3-5-6-7-8(9,10)4-2;7-3(8)1-6(13,5(11)12)2-4(9)10/h9-10H,3-7H2,1-2H3;13H,1-2H2,(H,7,8)(H,9,10)(H,11,12). The molecule has 0 spiro atoms. The Kier molecular flexibility index (Phi) is 11.2. The number of carbonyl (C=O) groups is 3. The lowest BCUT2D eigenvalue weighted by Gasteiger charge is -2.18. The van der Waals surface area contributed by atoms with Gasteiger partial charge >= 0.3 is 17.9 Å². The predicted molar refractivity (Wildman–Crippen MR) is 78.7 cm³/mol. The van der Waals surface area contributed by atoms with Gasteiger partial charge in [0, 0.05) is 6.42 Å². The van der Waals surface area contributed by atoms with E-state index in [0.717, 1.165) is 19.3 Å². The number of carboxylic acid groups (broad SMARTS) is 3. The van der Waals surface area contributed by atoms with E-state index in [1.807, 2.05) is 0 Å². The summed E-state index contributed by atoms with van der Waals surface area (Å²) >= 11 is 0. The smallest absolute Gasteiger partial charge is 0.336 e. The lowest BCUT2D eigenvalue weighted by Crippen LogP contribution is -2.42. The average Bonchev–Trinajstić information content (AvgIpc) is 2.37. The summed E-state index contributed by atoms with van der Waals surface area (Å²) in [7, 11) is 0. The average molecular weight is 338 g/mol. The Hall–Kier alpha value is -1.71. The number of hydrogen-bond acceptors (Lipinski definition) is 6. The first kappa shape index (κ1) is 23.6. The Bertz CT molecular complexity index is 374. The Morgan fingerprint density at radius 3 is 1.52 bits per heavy atom. The highest BCUT2D eigenvalue weighted by molar-refractivity contribution is 5.88. The second-order valence-electron chi connectivity index (χ2n) is 5.27. The molecule has 0 amide bonds. The van der Waals surface area contributed by atoms with Crippen molar-refractivity contribution in [3.63, 3.8) is 0 Å². The molecule has 6 N–H and O–H groups in total. The van der Waals surface area contributed by atoms with Crippen molar-refractivity contribution in [1.82, 2.24) is 0 Å². The van der Waals surface area contributed by atoms with Crippen LogP contribution in [0.3, 0.4) is 0 Å². The van der Waals surface area contributed by atoms with Gasteiger partial charge in [-0.1, -0.05) is 26.7 Å². The van der Waals surface area contributed by atoms with Crippen molar-refractivity contribution in [2.24, 2.45) is 0 Å². The fraction of sp³-hybridized carbons (Fsp3) is 0.786. The lowest BCUT2D eigenvalue weighted by molar-refractivity contribution is -0.170. The molecule has 0 atom stereocenters. The van der Waals surface area contributed by atoms with E-state index in [9.17, 15) is 14.4 Å². The first-order valence-corrected chi connectivity index (χ1v) is 7.24. The zero-order valence-electron chi connectivity index (χ0n) is 13.4. The van der Waals surface area contributed by atoms with Gasteiger partial charge in [0.2, 0.25) is 0 Å². The molecule has 0 aromatic heterocycles. The molecule has 23 heavy (non-hydrogen) atoms. The molecule has 0 radical (unpaired) electrons. The maximum atomic E-state index is 10.3. The SMILES string of the molecule is CCCCCC(O)(O)CC.O=C(O)CC(O)(CC(=O)O)C(=O)O. The molecule has 0 aromatic rings. The predicted octanol–water partition coefficient (Wildman–Crippen LogP) is 0.409. The monoisotopic (exact) mass is 338 g/mol. The van der Waals surface area contributed by atoms with Crippen LogP contribution in [0.1, 0.15) is 58.8 Å². The van der Waals surface area contributed by atoms with Crippen molar-refractivity contribution < 1.29 is 45.0 Å². The molecule has 0 aromatic carbocycles. The van der Waals surface area contributed by atoms with Gasteiger partial charge in [0.05, 0.1) is 12.8 Å². The summed E-state index contributed by atoms with van der Waals surface area (Å²) in [6.45, 7) is 3.88. The highest BCUT2D eigenvalue weighted by Crippen LogP contribution is 2.16. The Morgan fingerprint density at radius 2 is 1.26 bits per heavy atom. The second kappa shape index (κ2) is 10.9. The number of hydrogen-bond donors (Lipinski definition) is 6. The maximum absolute atomic E-state index is 10.3. The van der Waals surface area contributed by atoms with Crippen molar-refractivity contribution in [3.8, 4) is 0 Å². The van der Waals surface area contributed by atoms with E-state index < -0.39 is 42.1 Å². The van der Waals surface area contributed by atoms with Gasteiger partial charge in [0.15, 0.2) is 11.4 Å². The Morgan fingerprint density at radius 1 is 0.826 bits per heavy atom. The minimum absolute atomic E-state index is 0.427. The van der Waals surface area contributed by atoms with Crippen LogP contribution in [0.4, 0.5) is 0 Å². The molecular formula is C14H26O9. The third kappa shape index (κ3) is 12.5. The van der Waals surface area contributed by atoms with Crippen molar-refractivity contribution in [2.45, 2.75) is 70.2 Å². The van der Waals surface area contributed by atoms with Crippen LogP contribution in [0.25, 0.3) is 0 Å². The van der Waals surface area contributed by atoms with Gasteiger partial charge in [-0.2, -0.15) is 0 Å². The van der Waals surface area contributed by atoms with Gasteiger partial charge in [0.25, 0.3) is 0 Å². The fourth-order valence-corrected chi connectivity index (χ4v) is 1.55. The molecule has 0 saturated carbocycles. The van der Waals surface area contributed by atoms with Crippen LogP contribution in [0, 0.1) is 0 Å². The normalized spacial score (nSPS) is 11.3. The van der Waals surface area contributed by atoms with E-state index in [-0.39, 0.29) is 0 Å². The summed E-state index contributed by atoms with van der Waals surface area (Å²) in [5.74, 6) is -6.43. The summed E-state index contributed by atoms with van der Waals surface area (Å²) in [4.78, 5) is 30.5. The van der Waals surface area contributed by atoms with E-state index in [1.54, 1.807) is 6.92 Å². The number of unbranched alkanes of at least 4 members (excludes halogenated alkanes) is 2. The summed E-state index contributed by atoms with van der Waals surface area (Å²) in [5, 5.41) is 52.0. The van der Waals surface area contributed by atoms with Gasteiger partial charge in [-0.3, -0.25) is 9.59 Å². The van der Waals surface area contributed by atoms with E-state index in [1.165, 1.54) is 0 Å². The summed E-state index contributed by atoms with van der Waals surface area (Å²) < 4.78 is 0. The van der Waals surface area contributed by atoms with Crippen LogP contribution in [0.15, 0.2) is 0 Å². The summed E-state index contributed by atoms with van der Waals surface area (Å²) in [5.41, 5.74) is -2.74. The van der Waals surface area contributed by atoms with Crippen LogP contribution in [0.5, 0.6) is 0 Å². The summed E-state index contributed by atoms with van der Waals surface area (Å²) in [6, 6.07) is 0. The zero-order valence-corrected chi connectivity index (χ0v) is 13.4. The maximum Gasteiger partial charge on any atom is 0.336 e. The van der Waals surface area contributed by atoms with Gasteiger partial charge in [-0.05, 0) is 12.8 Å². The van der Waals surface area contributed by atoms with Crippen LogP contribution in [0.2, 0.25) is 0 Å². The molecule has 0 aliphatic carbocycles. The van der Waals surface area contributed by atoms with Crippen molar-refractivity contribution in [2.75, 3.05) is 0 Å². The third-order valence-electron chi connectivity index (χ3n) is 3.03. The number of aliphatic hydroxyl groups is 3. The molecule has 0 aliphatic rings. The fourth-order valence-electron chi connectivity index (χ4n) is 1.55. The Labute approximate surface area is 134 Å². The first-order chi connectivity index (χ1) is 10.4. The minimum Gasteiger partial charge on any atom is -0.481 e. The molecule has 0 bridgehead atoms. The molecule has 0 aliphatic heterocycles. The largest absolute Gasteiger partial charge is 0.481 e. The van der Waals surface area contributed by atoms with Gasteiger partial charge in [0.1, 0.15) is 0 Å². The number of rotatable bonds is 10. The number of carboxylic acids is 3. The van der Waals surface area contributed by atoms with E-state index in [0.29, 0.717) is 12.8 Å². The van der Waals surface area contributed by atoms with Gasteiger partial charge < -0.3 is 30.6 Å². The zero-order chi connectivity index (χ0) is 18.7. The van der Waals surface area contributed by atoms with Crippen molar-refractivity contribution in [3.05, 3.63) is 0 Å². The van der Waals surface area contributed by atoms with Gasteiger partial charge in [-0.15, -0.1) is 0 Å². The van der Waals surface area contributed by atoms with Crippen LogP contribution >= 0.6 is 0 Å². The van der Waals surface area contributed by atoms with E-state index in [4.69, 9.17) is 30.6 Å². The molecule has 9 nitrogen and oxygen atoms in total. The lowest BCUT2D eigenvalue weighted by atomic mass is 9.96. The highest BCUT2D eigenvalue weighted by Gasteiger charge is 2.40. The summed E-state index contributed by atoms with van der Waals surface area (Å²) in [6.07, 6.45) is 1.78. The topological polar surface area (TPSA) is 173 Å². The molecule has 0 rings (SSSR count). The van der Waals surface area contributed by atoms with Crippen LogP contribution < -0.4 is 0 Å². The first-order valence-electron chi connectivity index (χ1n) is 7.24. The molecule has 0 unspecified atom stereocenters. The quantitative estimate of drug-likeness (QED) is 0.243. The van der Waals surface area contributed by atoms with Gasteiger partial charge in [-0.25, -0.2) is 4.79 Å². The van der Waals surface area contributed by atoms with E-state index >= 15 is 0 Å². The Balaban J connectivity index is 0. The van der Waals surface area contributed by atoms with Crippen molar-refractivity contribution in [1.29, 1.82) is 0 Å². The second-order valence-corrected chi connectivity index (χ2v) is 5.27. The molecular weight excluding hydrogens is 312 g/mol. The number of aliphatic carboxylic acids is 3. The molecule has 0 heterocycles. The highest BCUT2D eigenvalue weighted by atomic mass is 16.5. The molecule has 9 heteroatoms.